The molecule has 3 fully saturated rings. The maximum Gasteiger partial charge on any atom is 0.228 e. The van der Waals surface area contributed by atoms with Crippen molar-refractivity contribution in [3.8, 4) is 11.5 Å². The maximum atomic E-state index is 13.7. The van der Waals surface area contributed by atoms with Crippen molar-refractivity contribution in [2.24, 2.45) is 11.8 Å². The molecule has 1 aromatic carbocycles. The first-order valence-electron chi connectivity index (χ1n) is 12.9. The Morgan fingerprint density at radius 1 is 1.12 bits per heavy atom. The Balaban J connectivity index is 1.27. The van der Waals surface area contributed by atoms with Crippen molar-refractivity contribution in [3.05, 3.63) is 18.2 Å². The van der Waals surface area contributed by atoms with Gasteiger partial charge in [0.15, 0.2) is 11.5 Å². The number of carbonyl (C=O) groups excluding carboxylic acids is 2. The third kappa shape index (κ3) is 4.89. The molecule has 3 atom stereocenters. The standard InChI is InChI=1S/C26H37N3O5/c1-32-12-11-28(17-19-5-4-10-27-9-3-2-6-22(19)27)26(31)20-15-25(30)29(18-20)21-7-8-23-24(16-21)34-14-13-33-23/h7-8,16,19-20,22H,2-6,9-15,17-18H2,1H3/t19-,20+,22+/m0/s1. The van der Waals surface area contributed by atoms with E-state index in [1.54, 1.807) is 12.0 Å². The van der Waals surface area contributed by atoms with Crippen molar-refractivity contribution in [3.63, 3.8) is 0 Å². The van der Waals surface area contributed by atoms with E-state index in [1.165, 1.54) is 45.2 Å². The summed E-state index contributed by atoms with van der Waals surface area (Å²) in [6.45, 7) is 5.66. The van der Waals surface area contributed by atoms with Crippen molar-refractivity contribution >= 4 is 17.5 Å². The lowest BCUT2D eigenvalue weighted by Gasteiger charge is -2.46. The quantitative estimate of drug-likeness (QED) is 0.609. The van der Waals surface area contributed by atoms with E-state index in [2.05, 4.69) is 4.90 Å². The predicted octanol–water partition coefficient (Wildman–Crippen LogP) is 2.55. The van der Waals surface area contributed by atoms with Gasteiger partial charge < -0.3 is 28.9 Å². The van der Waals surface area contributed by atoms with Gasteiger partial charge in [0.25, 0.3) is 0 Å². The number of hydrogen-bond acceptors (Lipinski definition) is 6. The van der Waals surface area contributed by atoms with Gasteiger partial charge in [0.05, 0.1) is 12.5 Å². The molecule has 4 aliphatic heterocycles. The molecule has 0 spiro atoms. The maximum absolute atomic E-state index is 13.7. The van der Waals surface area contributed by atoms with E-state index in [0.717, 1.165) is 12.2 Å². The lowest BCUT2D eigenvalue weighted by molar-refractivity contribution is -0.137. The second-order valence-corrected chi connectivity index (χ2v) is 10.0. The van der Waals surface area contributed by atoms with Crippen LogP contribution in [0.2, 0.25) is 0 Å². The van der Waals surface area contributed by atoms with Crippen LogP contribution in [0, 0.1) is 11.8 Å². The number of carbonyl (C=O) groups is 2. The molecule has 4 heterocycles. The van der Waals surface area contributed by atoms with Crippen LogP contribution in [0.25, 0.3) is 0 Å². The molecule has 0 bridgehead atoms. The van der Waals surface area contributed by atoms with Crippen LogP contribution in [0.15, 0.2) is 18.2 Å². The molecule has 0 aliphatic carbocycles. The van der Waals surface area contributed by atoms with Crippen molar-refractivity contribution < 1.29 is 23.8 Å². The van der Waals surface area contributed by atoms with Gasteiger partial charge in [-0.2, -0.15) is 0 Å². The Morgan fingerprint density at radius 3 is 2.79 bits per heavy atom. The molecule has 0 aromatic heterocycles. The number of rotatable bonds is 7. The summed E-state index contributed by atoms with van der Waals surface area (Å²) in [7, 11) is 1.68. The molecule has 1 aromatic rings. The number of amides is 2. The zero-order chi connectivity index (χ0) is 23.5. The van der Waals surface area contributed by atoms with Crippen molar-refractivity contribution in [1.82, 2.24) is 9.80 Å². The lowest BCUT2D eigenvalue weighted by Crippen LogP contribution is -2.52. The first-order chi connectivity index (χ1) is 16.6. The Kier molecular flexibility index (Phi) is 7.25. The van der Waals surface area contributed by atoms with E-state index in [0.29, 0.717) is 56.4 Å². The third-order valence-electron chi connectivity index (χ3n) is 7.87. The van der Waals surface area contributed by atoms with Crippen molar-refractivity contribution in [2.45, 2.75) is 44.6 Å². The second kappa shape index (κ2) is 10.5. The summed E-state index contributed by atoms with van der Waals surface area (Å²) >= 11 is 0. The number of ether oxygens (including phenoxy) is 3. The summed E-state index contributed by atoms with van der Waals surface area (Å²) in [6.07, 6.45) is 6.42. The van der Waals surface area contributed by atoms with Crippen LogP contribution < -0.4 is 14.4 Å². The highest BCUT2D eigenvalue weighted by Crippen LogP contribution is 2.37. The van der Waals surface area contributed by atoms with Crippen LogP contribution in [0.4, 0.5) is 5.69 Å². The minimum Gasteiger partial charge on any atom is -0.486 e. The molecule has 0 unspecified atom stereocenters. The van der Waals surface area contributed by atoms with Crippen LogP contribution in [0.3, 0.4) is 0 Å². The smallest absolute Gasteiger partial charge is 0.228 e. The first kappa shape index (κ1) is 23.4. The number of benzene rings is 1. The van der Waals surface area contributed by atoms with Crippen LogP contribution in [-0.4, -0.2) is 87.3 Å². The van der Waals surface area contributed by atoms with Crippen molar-refractivity contribution in [1.29, 1.82) is 0 Å². The van der Waals surface area contributed by atoms with Crippen LogP contribution in [0.1, 0.15) is 38.5 Å². The zero-order valence-corrected chi connectivity index (χ0v) is 20.2. The molecule has 4 aliphatic rings. The summed E-state index contributed by atoms with van der Waals surface area (Å²) in [5.74, 6) is 1.59. The molecular weight excluding hydrogens is 434 g/mol. The van der Waals surface area contributed by atoms with E-state index in [1.807, 2.05) is 23.1 Å². The van der Waals surface area contributed by atoms with Gasteiger partial charge in [-0.3, -0.25) is 9.59 Å². The molecule has 8 heteroatoms. The van der Waals surface area contributed by atoms with E-state index in [-0.39, 0.29) is 24.2 Å². The summed E-state index contributed by atoms with van der Waals surface area (Å²) in [5.41, 5.74) is 0.762. The average Bonchev–Trinajstić information content (AvgIpc) is 3.27. The molecule has 2 amide bonds. The van der Waals surface area contributed by atoms with Gasteiger partial charge in [-0.05, 0) is 56.8 Å². The fourth-order valence-corrected chi connectivity index (χ4v) is 6.15. The monoisotopic (exact) mass is 471 g/mol. The molecule has 186 valence electrons. The Morgan fingerprint density at radius 2 is 1.94 bits per heavy atom. The van der Waals surface area contributed by atoms with Gasteiger partial charge in [-0.15, -0.1) is 0 Å². The van der Waals surface area contributed by atoms with E-state index in [4.69, 9.17) is 14.2 Å². The van der Waals surface area contributed by atoms with Gasteiger partial charge in [0.2, 0.25) is 11.8 Å². The van der Waals surface area contributed by atoms with Gasteiger partial charge in [-0.25, -0.2) is 0 Å². The van der Waals surface area contributed by atoms with Gasteiger partial charge in [-0.1, -0.05) is 6.42 Å². The number of piperidine rings is 2. The average molecular weight is 472 g/mol. The van der Waals surface area contributed by atoms with Gasteiger partial charge in [0, 0.05) is 51.0 Å². The molecule has 0 radical (unpaired) electrons. The zero-order valence-electron chi connectivity index (χ0n) is 20.2. The highest BCUT2D eigenvalue weighted by Gasteiger charge is 2.40. The largest absolute Gasteiger partial charge is 0.486 e. The number of fused-ring (bicyclic) bond motifs is 2. The Hall–Kier alpha value is -2.32. The van der Waals surface area contributed by atoms with Gasteiger partial charge in [0.1, 0.15) is 13.2 Å². The SMILES string of the molecule is COCCN(C[C@@H]1CCCN2CCCC[C@H]12)C(=O)[C@@H]1CC(=O)N(c2ccc3c(c2)OCCO3)C1. The summed E-state index contributed by atoms with van der Waals surface area (Å²) < 4.78 is 16.6. The van der Waals surface area contributed by atoms with Gasteiger partial charge >= 0.3 is 0 Å². The fraction of sp³-hybridized carbons (Fsp3) is 0.692. The molecule has 8 nitrogen and oxygen atoms in total. The van der Waals surface area contributed by atoms with E-state index < -0.39 is 0 Å². The minimum atomic E-state index is -0.330. The minimum absolute atomic E-state index is 0.0159. The number of nitrogens with zero attached hydrogens (tertiary/aromatic N) is 3. The van der Waals surface area contributed by atoms with Crippen LogP contribution in [-0.2, 0) is 14.3 Å². The molecule has 3 saturated heterocycles. The lowest BCUT2D eigenvalue weighted by atomic mass is 9.83. The van der Waals surface area contributed by atoms with E-state index >= 15 is 0 Å². The second-order valence-electron chi connectivity index (χ2n) is 10.0. The molecular formula is C26H37N3O5. The topological polar surface area (TPSA) is 71.6 Å². The molecule has 0 N–H and O–H groups in total. The molecule has 0 saturated carbocycles. The fourth-order valence-electron chi connectivity index (χ4n) is 6.15. The number of hydrogen-bond donors (Lipinski definition) is 0. The third-order valence-corrected chi connectivity index (χ3v) is 7.87. The van der Waals surface area contributed by atoms with Crippen molar-refractivity contribution in [2.75, 3.05) is 64.6 Å². The predicted molar refractivity (Wildman–Crippen MR) is 128 cm³/mol. The summed E-state index contributed by atoms with van der Waals surface area (Å²) in [6, 6.07) is 6.15. The molecule has 34 heavy (non-hydrogen) atoms. The first-order valence-corrected chi connectivity index (χ1v) is 12.9. The van der Waals surface area contributed by atoms with Crippen LogP contribution in [0.5, 0.6) is 11.5 Å². The molecule has 5 rings (SSSR count). The number of anilines is 1. The Labute approximate surface area is 202 Å². The summed E-state index contributed by atoms with van der Waals surface area (Å²) in [5, 5.41) is 0. The van der Waals surface area contributed by atoms with Crippen LogP contribution >= 0.6 is 0 Å². The van der Waals surface area contributed by atoms with E-state index in [9.17, 15) is 9.59 Å². The Bertz CT molecular complexity index is 891. The highest BCUT2D eigenvalue weighted by atomic mass is 16.6. The number of methoxy groups -OCH3 is 1. The normalized spacial score (nSPS) is 26.9. The highest BCUT2D eigenvalue weighted by molar-refractivity contribution is 6.00. The summed E-state index contributed by atoms with van der Waals surface area (Å²) in [4.78, 5) is 32.9.